The van der Waals surface area contributed by atoms with E-state index in [0.29, 0.717) is 19.2 Å². The molecule has 2 aliphatic heterocycles. The van der Waals surface area contributed by atoms with Crippen LogP contribution < -0.4 is 15.4 Å². The van der Waals surface area contributed by atoms with E-state index in [1.807, 2.05) is 17.6 Å². The Labute approximate surface area is 181 Å². The van der Waals surface area contributed by atoms with Gasteiger partial charge < -0.3 is 15.4 Å². The summed E-state index contributed by atoms with van der Waals surface area (Å²) in [5.74, 6) is 0.919. The number of pyridine rings is 1. The molecular formula is C19H26Cl2N4O2S. The van der Waals surface area contributed by atoms with Crippen molar-refractivity contribution in [2.45, 2.75) is 44.2 Å². The topological polar surface area (TPSA) is 76.1 Å². The summed E-state index contributed by atoms with van der Waals surface area (Å²) in [4.78, 5) is 21.5. The third kappa shape index (κ3) is 4.95. The zero-order valence-electron chi connectivity index (χ0n) is 15.5. The number of nitrogens with one attached hydrogen (secondary N) is 2. The molecular weight excluding hydrogens is 419 g/mol. The third-order valence-electron chi connectivity index (χ3n) is 5.46. The van der Waals surface area contributed by atoms with E-state index in [4.69, 9.17) is 4.74 Å². The van der Waals surface area contributed by atoms with Crippen LogP contribution in [-0.2, 0) is 11.2 Å². The van der Waals surface area contributed by atoms with Crippen LogP contribution in [0.5, 0.6) is 5.75 Å². The fourth-order valence-electron chi connectivity index (χ4n) is 4.25. The first kappa shape index (κ1) is 22.9. The van der Waals surface area contributed by atoms with Crippen LogP contribution in [0.25, 0.3) is 0 Å². The molecule has 2 bridgehead atoms. The fraction of sp³-hybridized carbons (Fsp3) is 0.526. The summed E-state index contributed by atoms with van der Waals surface area (Å²) in [5, 5.41) is 8.83. The number of carbonyl (C=O) groups is 1. The molecule has 2 saturated heterocycles. The lowest BCUT2D eigenvalue weighted by Gasteiger charge is -2.34. The number of rotatable bonds is 8. The molecule has 2 aromatic rings. The molecule has 0 aliphatic carbocycles. The Morgan fingerprint density at radius 1 is 1.39 bits per heavy atom. The van der Waals surface area contributed by atoms with Crippen molar-refractivity contribution in [3.63, 3.8) is 0 Å². The number of ether oxygens (including phenoxy) is 1. The number of amides is 1. The SMILES string of the molecule is Cl.Cl.O=C(NCCCOc1cccnc1)[C@]1(Cc2cscn2)C[C@@H]2CC[C@H]1N2. The van der Waals surface area contributed by atoms with E-state index in [0.717, 1.165) is 37.1 Å². The quantitative estimate of drug-likeness (QED) is 0.611. The number of hydrogen-bond acceptors (Lipinski definition) is 6. The highest BCUT2D eigenvalue weighted by molar-refractivity contribution is 7.07. The second kappa shape index (κ2) is 10.4. The molecule has 1 amide bonds. The van der Waals surface area contributed by atoms with Crippen LogP contribution in [0.4, 0.5) is 0 Å². The Bertz CT molecular complexity index is 735. The van der Waals surface area contributed by atoms with Crippen molar-refractivity contribution in [3.05, 3.63) is 41.1 Å². The molecule has 9 heteroatoms. The minimum atomic E-state index is -0.360. The van der Waals surface area contributed by atoms with Crippen LogP contribution >= 0.6 is 36.2 Å². The van der Waals surface area contributed by atoms with E-state index < -0.39 is 0 Å². The van der Waals surface area contributed by atoms with Gasteiger partial charge in [0.1, 0.15) is 5.75 Å². The maximum absolute atomic E-state index is 13.1. The van der Waals surface area contributed by atoms with Gasteiger partial charge in [-0.3, -0.25) is 9.78 Å². The Kier molecular flexibility index (Phi) is 8.49. The lowest BCUT2D eigenvalue weighted by Crippen LogP contribution is -2.50. The monoisotopic (exact) mass is 444 g/mol. The average molecular weight is 445 g/mol. The van der Waals surface area contributed by atoms with Crippen molar-refractivity contribution >= 4 is 42.1 Å². The number of aromatic nitrogens is 2. The summed E-state index contributed by atoms with van der Waals surface area (Å²) in [6, 6.07) is 4.47. The van der Waals surface area contributed by atoms with Crippen LogP contribution in [0, 0.1) is 5.41 Å². The number of nitrogens with zero attached hydrogens (tertiary/aromatic N) is 2. The van der Waals surface area contributed by atoms with Crippen LogP contribution in [-0.4, -0.2) is 41.1 Å². The molecule has 2 aromatic heterocycles. The molecule has 0 spiro atoms. The van der Waals surface area contributed by atoms with Crippen molar-refractivity contribution in [3.8, 4) is 5.75 Å². The highest BCUT2D eigenvalue weighted by Gasteiger charge is 2.55. The van der Waals surface area contributed by atoms with E-state index in [1.165, 1.54) is 6.42 Å². The number of hydrogen-bond donors (Lipinski definition) is 2. The van der Waals surface area contributed by atoms with E-state index in [9.17, 15) is 4.79 Å². The zero-order valence-corrected chi connectivity index (χ0v) is 18.0. The van der Waals surface area contributed by atoms with Crippen molar-refractivity contribution < 1.29 is 9.53 Å². The molecule has 2 aliphatic rings. The van der Waals surface area contributed by atoms with Gasteiger partial charge in [-0.1, -0.05) is 0 Å². The van der Waals surface area contributed by atoms with E-state index >= 15 is 0 Å². The first-order valence-electron chi connectivity index (χ1n) is 9.20. The van der Waals surface area contributed by atoms with Gasteiger partial charge in [-0.25, -0.2) is 4.98 Å². The Hall–Kier alpha value is -1.41. The van der Waals surface area contributed by atoms with Gasteiger partial charge in [-0.05, 0) is 37.8 Å². The second-order valence-electron chi connectivity index (χ2n) is 7.16. The van der Waals surface area contributed by atoms with Crippen LogP contribution in [0.2, 0.25) is 0 Å². The van der Waals surface area contributed by atoms with Gasteiger partial charge >= 0.3 is 0 Å². The van der Waals surface area contributed by atoms with Crippen LogP contribution in [0.15, 0.2) is 35.4 Å². The van der Waals surface area contributed by atoms with Crippen LogP contribution in [0.3, 0.4) is 0 Å². The molecule has 0 radical (unpaired) electrons. The van der Waals surface area contributed by atoms with Gasteiger partial charge in [0.25, 0.3) is 0 Å². The number of carbonyl (C=O) groups excluding carboxylic acids is 1. The Balaban J connectivity index is 0.00000140. The molecule has 6 nitrogen and oxygen atoms in total. The van der Waals surface area contributed by atoms with Crippen molar-refractivity contribution in [1.29, 1.82) is 0 Å². The normalized spacial score (nSPS) is 24.9. The lowest BCUT2D eigenvalue weighted by molar-refractivity contribution is -0.132. The largest absolute Gasteiger partial charge is 0.492 e. The number of thiazole rings is 1. The molecule has 0 aromatic carbocycles. The fourth-order valence-corrected chi connectivity index (χ4v) is 4.80. The molecule has 4 rings (SSSR count). The van der Waals surface area contributed by atoms with Gasteiger partial charge in [-0.2, -0.15) is 0 Å². The van der Waals surface area contributed by atoms with Crippen LogP contribution in [0.1, 0.15) is 31.4 Å². The predicted octanol–water partition coefficient (Wildman–Crippen LogP) is 3.02. The predicted molar refractivity (Wildman–Crippen MR) is 115 cm³/mol. The molecule has 3 atom stereocenters. The maximum atomic E-state index is 13.1. The highest BCUT2D eigenvalue weighted by atomic mass is 35.5. The third-order valence-corrected chi connectivity index (χ3v) is 6.10. The lowest BCUT2D eigenvalue weighted by atomic mass is 9.70. The smallest absolute Gasteiger partial charge is 0.228 e. The summed E-state index contributed by atoms with van der Waals surface area (Å²) in [5.41, 5.74) is 2.51. The molecule has 0 saturated carbocycles. The molecule has 28 heavy (non-hydrogen) atoms. The number of fused-ring (bicyclic) bond motifs is 2. The molecule has 154 valence electrons. The van der Waals surface area contributed by atoms with Crippen molar-refractivity contribution in [1.82, 2.24) is 20.6 Å². The first-order chi connectivity index (χ1) is 12.8. The first-order valence-corrected chi connectivity index (χ1v) is 10.1. The molecule has 4 heterocycles. The van der Waals surface area contributed by atoms with Gasteiger partial charge in [0.2, 0.25) is 5.91 Å². The van der Waals surface area contributed by atoms with Crippen molar-refractivity contribution in [2.75, 3.05) is 13.2 Å². The summed E-state index contributed by atoms with van der Waals surface area (Å²) in [6.07, 6.45) is 8.08. The maximum Gasteiger partial charge on any atom is 0.228 e. The Morgan fingerprint density at radius 3 is 2.93 bits per heavy atom. The summed E-state index contributed by atoms with van der Waals surface area (Å²) in [6.45, 7) is 1.19. The zero-order chi connectivity index (χ0) is 17.8. The second-order valence-corrected chi connectivity index (χ2v) is 7.88. The minimum absolute atomic E-state index is 0. The summed E-state index contributed by atoms with van der Waals surface area (Å²) < 4.78 is 5.64. The number of halogens is 2. The van der Waals surface area contributed by atoms with E-state index in [2.05, 4.69) is 26.0 Å². The molecule has 2 fully saturated rings. The summed E-state index contributed by atoms with van der Waals surface area (Å²) in [7, 11) is 0. The van der Waals surface area contributed by atoms with Crippen molar-refractivity contribution in [2.24, 2.45) is 5.41 Å². The summed E-state index contributed by atoms with van der Waals surface area (Å²) >= 11 is 1.59. The highest BCUT2D eigenvalue weighted by Crippen LogP contribution is 2.45. The van der Waals surface area contributed by atoms with E-state index in [1.54, 1.807) is 23.7 Å². The standard InChI is InChI=1S/C19H24N4O2S.2ClH/c24-18(21-7-2-8-25-16-3-1-6-20-11-16)19(10-15-12-26-13-22-15)9-14-4-5-17(19)23-14;;/h1,3,6,11-14,17,23H,2,4-5,7-10H2,(H,21,24);2*1H/t14-,17+,19-;;/m0../s1. The van der Waals surface area contributed by atoms with Gasteiger partial charge in [0.05, 0.1) is 29.4 Å². The average Bonchev–Trinajstić information content (AvgIpc) is 3.40. The molecule has 0 unspecified atom stereocenters. The van der Waals surface area contributed by atoms with Gasteiger partial charge in [0, 0.05) is 36.6 Å². The minimum Gasteiger partial charge on any atom is -0.492 e. The van der Waals surface area contributed by atoms with Gasteiger partial charge in [-0.15, -0.1) is 36.2 Å². The van der Waals surface area contributed by atoms with E-state index in [-0.39, 0.29) is 42.2 Å². The Morgan fingerprint density at radius 2 is 2.29 bits per heavy atom. The molecule has 2 N–H and O–H groups in total. The van der Waals surface area contributed by atoms with Gasteiger partial charge in [0.15, 0.2) is 0 Å².